The Balaban J connectivity index is 1.58. The van der Waals surface area contributed by atoms with E-state index in [0.29, 0.717) is 25.6 Å². The summed E-state index contributed by atoms with van der Waals surface area (Å²) in [7, 11) is 1.62. The Hall–Kier alpha value is -2.55. The van der Waals surface area contributed by atoms with Gasteiger partial charge in [0.15, 0.2) is 11.5 Å². The predicted octanol–water partition coefficient (Wildman–Crippen LogP) is 3.38. The molecule has 1 amide bonds. The van der Waals surface area contributed by atoms with Crippen LogP contribution in [0.5, 0.6) is 5.75 Å². The molecule has 6 nitrogen and oxygen atoms in total. The van der Waals surface area contributed by atoms with Gasteiger partial charge < -0.3 is 18.9 Å². The summed E-state index contributed by atoms with van der Waals surface area (Å²) in [6, 6.07) is 5.99. The van der Waals surface area contributed by atoms with Gasteiger partial charge in [-0.25, -0.2) is 0 Å². The maximum absolute atomic E-state index is 12.7. The molecule has 1 unspecified atom stereocenters. The van der Waals surface area contributed by atoms with Crippen molar-refractivity contribution >= 4 is 5.91 Å². The summed E-state index contributed by atoms with van der Waals surface area (Å²) in [6.07, 6.45) is -3.58. The maximum atomic E-state index is 12.7. The summed E-state index contributed by atoms with van der Waals surface area (Å²) < 4.78 is 53.6. The number of ether oxygens (including phenoxy) is 2. The highest BCUT2D eigenvalue weighted by molar-refractivity contribution is 5.92. The van der Waals surface area contributed by atoms with Gasteiger partial charge in [-0.05, 0) is 24.6 Å². The third-order valence-electron chi connectivity index (χ3n) is 4.30. The molecule has 0 bridgehead atoms. The number of hydrogen-bond donors (Lipinski definition) is 0. The number of carbonyl (C=O) groups is 1. The number of rotatable bonds is 6. The average molecular weight is 384 g/mol. The first-order chi connectivity index (χ1) is 12.9. The van der Waals surface area contributed by atoms with E-state index in [0.717, 1.165) is 18.6 Å². The molecule has 1 aromatic heterocycles. The lowest BCUT2D eigenvalue weighted by Crippen LogP contribution is -2.29. The van der Waals surface area contributed by atoms with Crippen molar-refractivity contribution in [1.29, 1.82) is 0 Å². The minimum Gasteiger partial charge on any atom is -0.486 e. The molecule has 9 heteroatoms. The summed E-state index contributed by atoms with van der Waals surface area (Å²) in [5.41, 5.74) is -0.649. The number of halogens is 3. The minimum atomic E-state index is -4.44. The molecule has 0 aliphatic carbocycles. The van der Waals surface area contributed by atoms with Gasteiger partial charge in [0.1, 0.15) is 12.4 Å². The quantitative estimate of drug-likeness (QED) is 0.764. The van der Waals surface area contributed by atoms with Crippen LogP contribution in [0.3, 0.4) is 0 Å². The molecule has 1 atom stereocenters. The Morgan fingerprint density at radius 2 is 2.19 bits per heavy atom. The Bertz CT molecular complexity index is 791. The van der Waals surface area contributed by atoms with Crippen molar-refractivity contribution in [3.05, 3.63) is 47.3 Å². The average Bonchev–Trinajstić information content (AvgIpc) is 3.29. The van der Waals surface area contributed by atoms with E-state index in [1.165, 1.54) is 18.2 Å². The first-order valence-corrected chi connectivity index (χ1v) is 8.40. The second-order valence-electron chi connectivity index (χ2n) is 6.35. The number of benzene rings is 1. The van der Waals surface area contributed by atoms with E-state index in [-0.39, 0.29) is 29.7 Å². The Morgan fingerprint density at radius 1 is 1.37 bits per heavy atom. The third kappa shape index (κ3) is 4.79. The summed E-state index contributed by atoms with van der Waals surface area (Å²) in [4.78, 5) is 14.1. The largest absolute Gasteiger partial charge is 0.486 e. The summed E-state index contributed by atoms with van der Waals surface area (Å²) >= 11 is 0. The zero-order valence-corrected chi connectivity index (χ0v) is 14.7. The lowest BCUT2D eigenvalue weighted by atomic mass is 10.1. The summed E-state index contributed by atoms with van der Waals surface area (Å²) in [5.74, 6) is 0.358. The van der Waals surface area contributed by atoms with Gasteiger partial charge in [-0.1, -0.05) is 11.2 Å². The van der Waals surface area contributed by atoms with Crippen LogP contribution in [0.4, 0.5) is 13.2 Å². The molecule has 1 aliphatic heterocycles. The number of nitrogens with zero attached hydrogens (tertiary/aromatic N) is 2. The smallest absolute Gasteiger partial charge is 0.416 e. The number of methoxy groups -OCH3 is 1. The molecular weight excluding hydrogens is 365 g/mol. The normalized spacial score (nSPS) is 17.3. The monoisotopic (exact) mass is 384 g/mol. The second kappa shape index (κ2) is 7.99. The van der Waals surface area contributed by atoms with Gasteiger partial charge in [-0.3, -0.25) is 4.79 Å². The van der Waals surface area contributed by atoms with Crippen molar-refractivity contribution < 1.29 is 32.0 Å². The van der Waals surface area contributed by atoms with E-state index in [4.69, 9.17) is 14.0 Å². The highest BCUT2D eigenvalue weighted by Gasteiger charge is 2.31. The highest BCUT2D eigenvalue weighted by Crippen LogP contribution is 2.31. The molecule has 2 aromatic rings. The van der Waals surface area contributed by atoms with Crippen LogP contribution in [0.2, 0.25) is 0 Å². The first kappa shape index (κ1) is 19.2. The third-order valence-corrected chi connectivity index (χ3v) is 4.30. The van der Waals surface area contributed by atoms with Crippen LogP contribution < -0.4 is 4.74 Å². The van der Waals surface area contributed by atoms with Crippen molar-refractivity contribution in [3.63, 3.8) is 0 Å². The number of amides is 1. The lowest BCUT2D eigenvalue weighted by Gasteiger charge is -2.14. The molecule has 0 radical (unpaired) electrons. The van der Waals surface area contributed by atoms with E-state index in [1.807, 2.05) is 0 Å². The number of aromatic nitrogens is 1. The van der Waals surface area contributed by atoms with Crippen LogP contribution in [-0.4, -0.2) is 42.8 Å². The van der Waals surface area contributed by atoms with E-state index in [2.05, 4.69) is 5.16 Å². The van der Waals surface area contributed by atoms with Gasteiger partial charge in [0.2, 0.25) is 0 Å². The van der Waals surface area contributed by atoms with Crippen LogP contribution >= 0.6 is 0 Å². The highest BCUT2D eigenvalue weighted by atomic mass is 19.4. The van der Waals surface area contributed by atoms with Crippen molar-refractivity contribution in [2.24, 2.45) is 5.92 Å². The lowest BCUT2D eigenvalue weighted by molar-refractivity contribution is -0.137. The topological polar surface area (TPSA) is 64.8 Å². The van der Waals surface area contributed by atoms with Crippen LogP contribution in [0.1, 0.15) is 28.2 Å². The zero-order valence-electron chi connectivity index (χ0n) is 14.7. The van der Waals surface area contributed by atoms with Gasteiger partial charge in [0.05, 0.1) is 12.2 Å². The fourth-order valence-electron chi connectivity index (χ4n) is 2.95. The fraction of sp³-hybridized carbons (Fsp3) is 0.444. The van der Waals surface area contributed by atoms with Crippen molar-refractivity contribution in [3.8, 4) is 5.75 Å². The van der Waals surface area contributed by atoms with Crippen LogP contribution in [0.15, 0.2) is 34.9 Å². The Labute approximate surface area is 153 Å². The second-order valence-corrected chi connectivity index (χ2v) is 6.35. The predicted molar refractivity (Wildman–Crippen MR) is 88.2 cm³/mol. The number of likely N-dealkylation sites (tertiary alicyclic amines) is 1. The number of carbonyl (C=O) groups excluding carboxylic acids is 1. The van der Waals surface area contributed by atoms with Gasteiger partial charge in [0.25, 0.3) is 5.91 Å². The van der Waals surface area contributed by atoms with Crippen LogP contribution in [0.25, 0.3) is 0 Å². The molecule has 0 saturated carbocycles. The SMILES string of the molecule is COCC1CCN(C(=O)c2cc(COc3cccc(C(F)(F)F)c3)on2)C1. The molecule has 1 saturated heterocycles. The first-order valence-electron chi connectivity index (χ1n) is 8.40. The molecule has 0 N–H and O–H groups in total. The molecule has 1 fully saturated rings. The molecule has 1 aromatic carbocycles. The van der Waals surface area contributed by atoms with E-state index >= 15 is 0 Å². The number of hydrogen-bond acceptors (Lipinski definition) is 5. The van der Waals surface area contributed by atoms with Crippen LogP contribution in [0, 0.1) is 5.92 Å². The Morgan fingerprint density at radius 3 is 2.93 bits per heavy atom. The molecule has 146 valence electrons. The molecule has 2 heterocycles. The van der Waals surface area contributed by atoms with Crippen molar-refractivity contribution in [2.45, 2.75) is 19.2 Å². The Kier molecular flexibility index (Phi) is 5.69. The molecule has 3 rings (SSSR count). The molecule has 27 heavy (non-hydrogen) atoms. The molecule has 1 aliphatic rings. The minimum absolute atomic E-state index is 0.0519. The van der Waals surface area contributed by atoms with Gasteiger partial charge in [-0.2, -0.15) is 13.2 Å². The zero-order chi connectivity index (χ0) is 19.4. The standard InChI is InChI=1S/C18H19F3N2O4/c1-25-10-12-5-6-23(9-12)17(24)16-8-15(27-22-16)11-26-14-4-2-3-13(7-14)18(19,20)21/h2-4,7-8,12H,5-6,9-11H2,1H3. The van der Waals surface area contributed by atoms with Crippen molar-refractivity contribution in [2.75, 3.05) is 26.8 Å². The van der Waals surface area contributed by atoms with Gasteiger partial charge in [-0.15, -0.1) is 0 Å². The van der Waals surface area contributed by atoms with Crippen molar-refractivity contribution in [1.82, 2.24) is 10.1 Å². The van der Waals surface area contributed by atoms with E-state index in [1.54, 1.807) is 12.0 Å². The van der Waals surface area contributed by atoms with Gasteiger partial charge in [0, 0.05) is 32.2 Å². The van der Waals surface area contributed by atoms with E-state index in [9.17, 15) is 18.0 Å². The van der Waals surface area contributed by atoms with E-state index < -0.39 is 11.7 Å². The molecular formula is C18H19F3N2O4. The number of alkyl halides is 3. The van der Waals surface area contributed by atoms with Gasteiger partial charge >= 0.3 is 6.18 Å². The summed E-state index contributed by atoms with van der Waals surface area (Å²) in [6.45, 7) is 1.68. The van der Waals surface area contributed by atoms with Crippen LogP contribution in [-0.2, 0) is 17.5 Å². The molecule has 0 spiro atoms. The maximum Gasteiger partial charge on any atom is 0.416 e. The summed E-state index contributed by atoms with van der Waals surface area (Å²) in [5, 5.41) is 3.74. The fourth-order valence-corrected chi connectivity index (χ4v) is 2.95.